The van der Waals surface area contributed by atoms with Gasteiger partial charge in [-0.3, -0.25) is 4.79 Å². The Bertz CT molecular complexity index is 2980. The van der Waals surface area contributed by atoms with Gasteiger partial charge in [0.15, 0.2) is 12.2 Å². The van der Waals surface area contributed by atoms with Crippen molar-refractivity contribution in [3.05, 3.63) is 205 Å². The summed E-state index contributed by atoms with van der Waals surface area (Å²) in [6.07, 6.45) is 6.52. The number of hydrogen-bond acceptors (Lipinski definition) is 10. The van der Waals surface area contributed by atoms with E-state index in [1.54, 1.807) is 12.1 Å². The molecule has 0 saturated carbocycles. The number of esters is 2. The van der Waals surface area contributed by atoms with Crippen molar-refractivity contribution in [3.8, 4) is 5.75 Å². The quantitative estimate of drug-likeness (QED) is 0.0497. The molecule has 10 rings (SSSR count). The summed E-state index contributed by atoms with van der Waals surface area (Å²) in [5.74, 6) is -1.57. The van der Waals surface area contributed by atoms with Crippen LogP contribution in [0.2, 0.25) is 0 Å². The second-order valence-corrected chi connectivity index (χ2v) is 20.3. The lowest BCUT2D eigenvalue weighted by Crippen LogP contribution is -2.54. The van der Waals surface area contributed by atoms with E-state index in [0.29, 0.717) is 60.8 Å². The van der Waals surface area contributed by atoms with Gasteiger partial charge in [-0.05, 0) is 129 Å². The van der Waals surface area contributed by atoms with Crippen LogP contribution in [0.1, 0.15) is 133 Å². The van der Waals surface area contributed by atoms with E-state index >= 15 is 4.79 Å². The third-order valence-corrected chi connectivity index (χ3v) is 15.2. The number of fused-ring (bicyclic) bond motifs is 11. The van der Waals surface area contributed by atoms with Gasteiger partial charge in [0.25, 0.3) is 0 Å². The molecule has 10 nitrogen and oxygen atoms in total. The van der Waals surface area contributed by atoms with Crippen molar-refractivity contribution in [3.63, 3.8) is 0 Å². The molecule has 6 aromatic rings. The predicted octanol–water partition coefficient (Wildman–Crippen LogP) is 11.5. The number of aryl methyl sites for hydroxylation is 2. The lowest BCUT2D eigenvalue weighted by molar-refractivity contribution is -0.192. The smallest absolute Gasteiger partial charge is 0.340 e. The molecular weight excluding hydrogens is 905 g/mol. The second kappa shape index (κ2) is 22.4. The summed E-state index contributed by atoms with van der Waals surface area (Å²) in [5, 5.41) is 21.5. The molecule has 0 unspecified atom stereocenters. The Balaban J connectivity index is 1.16. The number of aliphatic hydroxyl groups excluding tert-OH is 2. The summed E-state index contributed by atoms with van der Waals surface area (Å²) in [6, 6.07) is 41.3. The van der Waals surface area contributed by atoms with E-state index in [1.807, 2.05) is 45.0 Å². The lowest BCUT2D eigenvalue weighted by atomic mass is 9.72. The van der Waals surface area contributed by atoms with Crippen LogP contribution in [-0.2, 0) is 49.7 Å². The average molecular weight is 971 g/mol. The number of methoxy groups -OCH3 is 1. The fourth-order valence-electron chi connectivity index (χ4n) is 11.4. The minimum absolute atomic E-state index is 0.0321. The first kappa shape index (κ1) is 50.4. The summed E-state index contributed by atoms with van der Waals surface area (Å²) in [5.41, 5.74) is 7.06. The topological polar surface area (TPSA) is 142 Å². The van der Waals surface area contributed by atoms with E-state index in [1.165, 1.54) is 23.8 Å². The zero-order chi connectivity index (χ0) is 50.4. The highest BCUT2D eigenvalue weighted by Crippen LogP contribution is 2.50. The van der Waals surface area contributed by atoms with Crippen LogP contribution in [0.4, 0.5) is 0 Å². The highest BCUT2D eigenvalue weighted by Gasteiger charge is 2.53. The van der Waals surface area contributed by atoms with Gasteiger partial charge in [0.1, 0.15) is 16.9 Å². The molecule has 5 aromatic carbocycles. The first-order chi connectivity index (χ1) is 35.0. The number of ether oxygens (including phenoxy) is 4. The van der Waals surface area contributed by atoms with Gasteiger partial charge in [-0.1, -0.05) is 127 Å². The van der Waals surface area contributed by atoms with Gasteiger partial charge in [0, 0.05) is 54.4 Å². The van der Waals surface area contributed by atoms with Crippen LogP contribution in [0, 0.1) is 5.92 Å². The Morgan fingerprint density at radius 3 is 2.25 bits per heavy atom. The number of hydrogen-bond donors (Lipinski definition) is 2. The van der Waals surface area contributed by atoms with Crippen LogP contribution in [0.25, 0.3) is 11.0 Å². The maximum atomic E-state index is 15.2. The molecular formula is C62H66O10. The van der Waals surface area contributed by atoms with Gasteiger partial charge < -0.3 is 33.6 Å². The van der Waals surface area contributed by atoms with E-state index < -0.39 is 47.9 Å². The Kier molecular flexibility index (Phi) is 15.7. The zero-order valence-electron chi connectivity index (χ0n) is 41.8. The number of benzene rings is 5. The van der Waals surface area contributed by atoms with Crippen LogP contribution in [-0.4, -0.2) is 54.2 Å². The first-order valence-corrected chi connectivity index (χ1v) is 25.5. The fourth-order valence-corrected chi connectivity index (χ4v) is 11.4. The SMILES string of the molecule is COC[C@@H](CCO)c1c(CO)c2ccc3c(c2oc1=O)[C@H]1OC(=O)C[C@@H]2C[C@H](c4cccc(Cc5ccccc5)c4)C=C[C@H]2c2ccc(cc2)CCC(=C(C)C)C(=O)O[C@@H]1[C@](C)(CCCc1ccccc1)O3. The summed E-state index contributed by atoms with van der Waals surface area (Å²) >= 11 is 0. The molecule has 0 spiro atoms. The largest absolute Gasteiger partial charge is 0.483 e. The lowest BCUT2D eigenvalue weighted by Gasteiger charge is -2.45. The number of aliphatic hydroxyl groups is 2. The highest BCUT2D eigenvalue weighted by atomic mass is 16.6. The third kappa shape index (κ3) is 10.9. The van der Waals surface area contributed by atoms with Crippen molar-refractivity contribution in [1.29, 1.82) is 0 Å². The Morgan fingerprint density at radius 2 is 1.54 bits per heavy atom. The molecule has 7 atom stereocenters. The van der Waals surface area contributed by atoms with E-state index in [-0.39, 0.29) is 60.5 Å². The second-order valence-electron chi connectivity index (χ2n) is 20.3. The molecule has 4 aliphatic rings. The standard InChI is InChI=1S/C62H66O10/c1-39(2)49-26-22-41-20-23-44(24-21-41)50-27-25-46(45-19-11-17-43(34-45)33-42-15-9-6-10-16-42)35-48(50)36-54(65)69-58-56-53(72-62(3,59(58)71-60(49)66)31-12-18-40-13-7-5-8-14-40)29-28-51-52(37-64)55(61(67)70-57(51)56)47(30-32-63)38-68-4/h5-11,13-17,19-21,23-25,27-29,34,46-48,50,58-59,63-64H,12,18,22,26,30-33,35-38H2,1-4H3/t46-,47-,48+,50+,58-,59+,62+/m1/s1. The van der Waals surface area contributed by atoms with Crippen molar-refractivity contribution < 1.29 is 43.2 Å². The van der Waals surface area contributed by atoms with E-state index in [9.17, 15) is 19.8 Å². The molecule has 0 saturated heterocycles. The molecule has 4 heterocycles. The van der Waals surface area contributed by atoms with Crippen LogP contribution >= 0.6 is 0 Å². The third-order valence-electron chi connectivity index (χ3n) is 15.2. The molecule has 1 aromatic heterocycles. The summed E-state index contributed by atoms with van der Waals surface area (Å²) in [7, 11) is 1.51. The van der Waals surface area contributed by atoms with Crippen LogP contribution in [0.5, 0.6) is 5.75 Å². The van der Waals surface area contributed by atoms with Crippen molar-refractivity contribution in [2.75, 3.05) is 20.3 Å². The minimum atomic E-state index is -1.30. The Morgan fingerprint density at radius 1 is 0.806 bits per heavy atom. The molecule has 0 fully saturated rings. The summed E-state index contributed by atoms with van der Waals surface area (Å²) < 4.78 is 32.4. The summed E-state index contributed by atoms with van der Waals surface area (Å²) in [4.78, 5) is 44.4. The predicted molar refractivity (Wildman–Crippen MR) is 278 cm³/mol. The number of carbonyl (C=O) groups is 2. The Labute approximate surface area is 422 Å². The van der Waals surface area contributed by atoms with E-state index in [2.05, 4.69) is 97.1 Å². The molecule has 1 aliphatic carbocycles. The average Bonchev–Trinajstić information content (AvgIpc) is 3.37. The molecule has 3 aliphatic heterocycles. The molecule has 0 amide bonds. The van der Waals surface area contributed by atoms with Crippen LogP contribution < -0.4 is 10.4 Å². The monoisotopic (exact) mass is 970 g/mol. The van der Waals surface area contributed by atoms with Crippen LogP contribution in [0.3, 0.4) is 0 Å². The van der Waals surface area contributed by atoms with Gasteiger partial charge in [0.2, 0.25) is 0 Å². The minimum Gasteiger partial charge on any atom is -0.483 e. The van der Waals surface area contributed by atoms with Crippen molar-refractivity contribution >= 4 is 22.9 Å². The molecule has 374 valence electrons. The fraction of sp³-hybridized carbons (Fsp3) is 0.371. The van der Waals surface area contributed by atoms with Gasteiger partial charge in [0.05, 0.1) is 18.8 Å². The van der Waals surface area contributed by atoms with E-state index in [4.69, 9.17) is 23.4 Å². The molecule has 72 heavy (non-hydrogen) atoms. The van der Waals surface area contributed by atoms with Gasteiger partial charge >= 0.3 is 17.6 Å². The first-order valence-electron chi connectivity index (χ1n) is 25.5. The van der Waals surface area contributed by atoms with Gasteiger partial charge in [-0.25, -0.2) is 9.59 Å². The molecule has 2 N–H and O–H groups in total. The Hall–Kier alpha value is -6.59. The number of rotatable bonds is 13. The normalized spacial score (nSPS) is 22.5. The maximum absolute atomic E-state index is 15.2. The van der Waals surface area contributed by atoms with Gasteiger partial charge in [-0.2, -0.15) is 0 Å². The molecule has 0 radical (unpaired) electrons. The summed E-state index contributed by atoms with van der Waals surface area (Å²) in [6.45, 7) is 5.04. The highest BCUT2D eigenvalue weighted by molar-refractivity contribution is 5.90. The number of allylic oxidation sites excluding steroid dienone is 3. The number of carbonyl (C=O) groups excluding carboxylic acids is 2. The van der Waals surface area contributed by atoms with Crippen molar-refractivity contribution in [2.24, 2.45) is 5.92 Å². The van der Waals surface area contributed by atoms with Crippen molar-refractivity contribution in [2.45, 2.75) is 121 Å². The zero-order valence-corrected chi connectivity index (χ0v) is 41.8. The van der Waals surface area contributed by atoms with Crippen LogP contribution in [0.15, 0.2) is 154 Å². The maximum Gasteiger partial charge on any atom is 0.340 e. The molecule has 10 heteroatoms. The van der Waals surface area contributed by atoms with E-state index in [0.717, 1.165) is 28.7 Å². The van der Waals surface area contributed by atoms with Crippen molar-refractivity contribution in [1.82, 2.24) is 0 Å². The molecule has 2 bridgehead atoms. The van der Waals surface area contributed by atoms with Gasteiger partial charge in [-0.15, -0.1) is 0 Å².